The lowest BCUT2D eigenvalue weighted by molar-refractivity contribution is 0.0599. The quantitative estimate of drug-likeness (QED) is 0.841. The van der Waals surface area contributed by atoms with Gasteiger partial charge in [-0.05, 0) is 30.2 Å². The first-order valence-electron chi connectivity index (χ1n) is 6.80. The van der Waals surface area contributed by atoms with E-state index in [9.17, 15) is 4.79 Å². The molecule has 0 amide bonds. The summed E-state index contributed by atoms with van der Waals surface area (Å²) in [5.74, 6) is 1.02. The summed E-state index contributed by atoms with van der Waals surface area (Å²) in [6.45, 7) is 1.74. The number of rotatable bonds is 5. The second-order valence-corrected chi connectivity index (χ2v) is 6.18. The summed E-state index contributed by atoms with van der Waals surface area (Å²) < 4.78 is 4.80. The molecule has 1 fully saturated rings. The van der Waals surface area contributed by atoms with E-state index in [0.29, 0.717) is 5.56 Å². The number of nitrogens with one attached hydrogen (secondary N) is 1. The van der Waals surface area contributed by atoms with E-state index < -0.39 is 0 Å². The van der Waals surface area contributed by atoms with Gasteiger partial charge in [-0.25, -0.2) is 4.79 Å². The van der Waals surface area contributed by atoms with Crippen molar-refractivity contribution in [3.05, 3.63) is 35.4 Å². The molecule has 104 valence electrons. The number of ether oxygens (including phenoxy) is 1. The van der Waals surface area contributed by atoms with Crippen molar-refractivity contribution in [1.29, 1.82) is 0 Å². The zero-order valence-electron chi connectivity index (χ0n) is 11.4. The Balaban J connectivity index is 1.86. The second-order valence-electron chi connectivity index (χ2n) is 4.77. The van der Waals surface area contributed by atoms with Gasteiger partial charge >= 0.3 is 5.97 Å². The first-order valence-corrected chi connectivity index (χ1v) is 7.84. The van der Waals surface area contributed by atoms with Gasteiger partial charge in [-0.1, -0.05) is 24.6 Å². The maximum atomic E-state index is 11.6. The molecule has 0 aliphatic carbocycles. The van der Waals surface area contributed by atoms with Gasteiger partial charge in [0.05, 0.1) is 12.7 Å². The fourth-order valence-corrected chi connectivity index (χ4v) is 3.59. The van der Waals surface area contributed by atoms with Crippen LogP contribution in [0.4, 0.5) is 0 Å². The van der Waals surface area contributed by atoms with Crippen LogP contribution in [0.1, 0.15) is 35.2 Å². The Bertz CT molecular complexity index is 416. The van der Waals surface area contributed by atoms with Crippen LogP contribution < -0.4 is 5.32 Å². The third-order valence-corrected chi connectivity index (χ3v) is 4.78. The van der Waals surface area contributed by atoms with E-state index in [1.807, 2.05) is 24.3 Å². The highest BCUT2D eigenvalue weighted by atomic mass is 32.2. The van der Waals surface area contributed by atoms with Crippen LogP contribution in [0.5, 0.6) is 0 Å². The molecule has 1 heterocycles. The Kier molecular flexibility index (Phi) is 5.73. The van der Waals surface area contributed by atoms with Crippen molar-refractivity contribution < 1.29 is 9.53 Å². The van der Waals surface area contributed by atoms with Crippen molar-refractivity contribution in [3.8, 4) is 0 Å². The monoisotopic (exact) mass is 279 g/mol. The first-order chi connectivity index (χ1) is 9.31. The molecule has 0 spiro atoms. The average molecular weight is 279 g/mol. The SMILES string of the molecule is COC(=O)c1ccccc1CNCC1CCCCS1. The Hall–Kier alpha value is -1.00. The fraction of sp³-hybridized carbons (Fsp3) is 0.533. The molecular formula is C15H21NO2S. The van der Waals surface area contributed by atoms with Gasteiger partial charge in [-0.2, -0.15) is 11.8 Å². The molecule has 19 heavy (non-hydrogen) atoms. The van der Waals surface area contributed by atoms with E-state index in [-0.39, 0.29) is 5.97 Å². The summed E-state index contributed by atoms with van der Waals surface area (Å²) >= 11 is 2.06. The maximum absolute atomic E-state index is 11.6. The van der Waals surface area contributed by atoms with Crippen molar-refractivity contribution in [1.82, 2.24) is 5.32 Å². The fourth-order valence-electron chi connectivity index (χ4n) is 2.32. The number of methoxy groups -OCH3 is 1. The number of thioether (sulfide) groups is 1. The minimum Gasteiger partial charge on any atom is -0.465 e. The van der Waals surface area contributed by atoms with Crippen molar-refractivity contribution in [2.75, 3.05) is 19.4 Å². The maximum Gasteiger partial charge on any atom is 0.338 e. The zero-order chi connectivity index (χ0) is 13.5. The van der Waals surface area contributed by atoms with Gasteiger partial charge in [0.15, 0.2) is 0 Å². The topological polar surface area (TPSA) is 38.3 Å². The van der Waals surface area contributed by atoms with E-state index in [1.165, 1.54) is 32.1 Å². The Morgan fingerprint density at radius 1 is 1.42 bits per heavy atom. The number of hydrogen-bond donors (Lipinski definition) is 1. The largest absolute Gasteiger partial charge is 0.465 e. The van der Waals surface area contributed by atoms with Gasteiger partial charge in [-0.3, -0.25) is 0 Å². The van der Waals surface area contributed by atoms with Gasteiger partial charge in [0.1, 0.15) is 0 Å². The molecule has 1 aliphatic heterocycles. The second kappa shape index (κ2) is 7.56. The van der Waals surface area contributed by atoms with Gasteiger partial charge in [0.25, 0.3) is 0 Å². The Morgan fingerprint density at radius 2 is 2.26 bits per heavy atom. The number of benzene rings is 1. The van der Waals surface area contributed by atoms with E-state index in [2.05, 4.69) is 17.1 Å². The molecule has 1 aromatic rings. The highest BCUT2D eigenvalue weighted by molar-refractivity contribution is 7.99. The van der Waals surface area contributed by atoms with E-state index in [0.717, 1.165) is 23.9 Å². The number of hydrogen-bond acceptors (Lipinski definition) is 4. The van der Waals surface area contributed by atoms with Gasteiger partial charge in [0.2, 0.25) is 0 Å². The van der Waals surface area contributed by atoms with Crippen LogP contribution in [0.25, 0.3) is 0 Å². The van der Waals surface area contributed by atoms with Crippen molar-refractivity contribution in [2.45, 2.75) is 31.1 Å². The number of carbonyl (C=O) groups is 1. The summed E-state index contributed by atoms with van der Waals surface area (Å²) in [6.07, 6.45) is 4.00. The highest BCUT2D eigenvalue weighted by Gasteiger charge is 2.14. The summed E-state index contributed by atoms with van der Waals surface area (Å²) in [7, 11) is 1.42. The lowest BCUT2D eigenvalue weighted by atomic mass is 10.1. The molecule has 1 N–H and O–H groups in total. The van der Waals surface area contributed by atoms with E-state index in [4.69, 9.17) is 4.74 Å². The standard InChI is InChI=1S/C15H21NO2S/c1-18-15(17)14-8-3-2-6-12(14)10-16-11-13-7-4-5-9-19-13/h2-3,6,8,13,16H,4-5,7,9-11H2,1H3. The van der Waals surface area contributed by atoms with Crippen LogP contribution in [-0.4, -0.2) is 30.6 Å². The smallest absolute Gasteiger partial charge is 0.338 e. The van der Waals surface area contributed by atoms with Crippen molar-refractivity contribution >= 4 is 17.7 Å². The third kappa shape index (κ3) is 4.25. The summed E-state index contributed by atoms with van der Waals surface area (Å²) in [5.41, 5.74) is 1.67. The predicted molar refractivity (Wildman–Crippen MR) is 79.6 cm³/mol. The average Bonchev–Trinajstić information content (AvgIpc) is 2.48. The van der Waals surface area contributed by atoms with Crippen LogP contribution in [0.15, 0.2) is 24.3 Å². The summed E-state index contributed by atoms with van der Waals surface area (Å²) in [5, 5.41) is 4.18. The molecule has 1 atom stereocenters. The summed E-state index contributed by atoms with van der Waals surface area (Å²) in [6, 6.07) is 7.62. The summed E-state index contributed by atoms with van der Waals surface area (Å²) in [4.78, 5) is 11.6. The van der Waals surface area contributed by atoms with E-state index >= 15 is 0 Å². The molecule has 1 aromatic carbocycles. The van der Waals surface area contributed by atoms with E-state index in [1.54, 1.807) is 0 Å². The number of esters is 1. The molecule has 4 heteroatoms. The van der Waals surface area contributed by atoms with Gasteiger partial charge < -0.3 is 10.1 Å². The lowest BCUT2D eigenvalue weighted by Crippen LogP contribution is -2.27. The lowest BCUT2D eigenvalue weighted by Gasteiger charge is -2.21. The predicted octanol–water partition coefficient (Wildman–Crippen LogP) is 2.85. The van der Waals surface area contributed by atoms with Crippen molar-refractivity contribution in [3.63, 3.8) is 0 Å². The van der Waals surface area contributed by atoms with Crippen LogP contribution in [0.2, 0.25) is 0 Å². The molecule has 0 bridgehead atoms. The van der Waals surface area contributed by atoms with Crippen molar-refractivity contribution in [2.24, 2.45) is 0 Å². The minimum absolute atomic E-state index is 0.260. The minimum atomic E-state index is -0.260. The molecule has 2 rings (SSSR count). The first kappa shape index (κ1) is 14.4. The molecule has 0 saturated carbocycles. The third-order valence-electron chi connectivity index (χ3n) is 3.38. The number of carbonyl (C=O) groups excluding carboxylic acids is 1. The normalized spacial score (nSPS) is 19.1. The molecule has 0 radical (unpaired) electrons. The van der Waals surface area contributed by atoms with Crippen LogP contribution in [0.3, 0.4) is 0 Å². The Morgan fingerprint density at radius 3 is 3.00 bits per heavy atom. The van der Waals surface area contributed by atoms with Crippen LogP contribution in [0, 0.1) is 0 Å². The van der Waals surface area contributed by atoms with Gasteiger partial charge in [-0.15, -0.1) is 0 Å². The van der Waals surface area contributed by atoms with Crippen LogP contribution >= 0.6 is 11.8 Å². The van der Waals surface area contributed by atoms with Gasteiger partial charge in [0, 0.05) is 18.3 Å². The van der Waals surface area contributed by atoms with Crippen LogP contribution in [-0.2, 0) is 11.3 Å². The molecule has 3 nitrogen and oxygen atoms in total. The molecule has 1 unspecified atom stereocenters. The zero-order valence-corrected chi connectivity index (χ0v) is 12.2. The Labute approximate surface area is 119 Å². The molecule has 1 aliphatic rings. The molecule has 1 saturated heterocycles. The highest BCUT2D eigenvalue weighted by Crippen LogP contribution is 2.24. The molecular weight excluding hydrogens is 258 g/mol. The molecule has 0 aromatic heterocycles.